The molecule has 0 fully saturated rings. The fourth-order valence-electron chi connectivity index (χ4n) is 0.749. The van der Waals surface area contributed by atoms with E-state index in [9.17, 15) is 4.79 Å². The molecule has 8 nitrogen and oxygen atoms in total. The van der Waals surface area contributed by atoms with Crippen molar-refractivity contribution < 1.29 is 28.8 Å². The Morgan fingerprint density at radius 2 is 1.35 bits per heavy atom. The summed E-state index contributed by atoms with van der Waals surface area (Å²) >= 11 is 0. The van der Waals surface area contributed by atoms with E-state index < -0.39 is 11.9 Å². The summed E-state index contributed by atoms with van der Waals surface area (Å²) in [6.45, 7) is 5.36. The minimum atomic E-state index is -0.509. The molecule has 0 aliphatic carbocycles. The average molecular weight is 296 g/mol. The Morgan fingerprint density at radius 3 is 1.65 bits per heavy atom. The number of ether oxygens (including phenoxy) is 4. The molecule has 1 amide bonds. The van der Waals surface area contributed by atoms with E-state index in [0.717, 1.165) is 0 Å². The van der Waals surface area contributed by atoms with Gasteiger partial charge in [-0.15, -0.1) is 0 Å². The fraction of sp³-hybridized carbons (Fsp3) is 0.917. The normalized spacial score (nSPS) is 11.6. The van der Waals surface area contributed by atoms with E-state index in [1.54, 1.807) is 14.0 Å². The van der Waals surface area contributed by atoms with Crippen molar-refractivity contribution in [3.05, 3.63) is 0 Å². The van der Waals surface area contributed by atoms with Crippen LogP contribution in [0.4, 0.5) is 0 Å². The predicted octanol–water partition coefficient (Wildman–Crippen LogP) is -1.51. The first-order valence-electron chi connectivity index (χ1n) is 6.44. The highest BCUT2D eigenvalue weighted by molar-refractivity contribution is 5.78. The highest BCUT2D eigenvalue weighted by Gasteiger charge is 1.96. The van der Waals surface area contributed by atoms with Gasteiger partial charge in [-0.2, -0.15) is 0 Å². The number of carbonyl (C=O) groups excluding carboxylic acids is 1. The molecule has 0 radical (unpaired) electrons. The lowest BCUT2D eigenvalue weighted by atomic mass is 10.4. The molecule has 0 aromatic carbocycles. The summed E-state index contributed by atoms with van der Waals surface area (Å²) in [4.78, 5) is 9.80. The molecule has 0 aromatic rings. The summed E-state index contributed by atoms with van der Waals surface area (Å²) in [7, 11) is 1.64. The molecule has 0 saturated heterocycles. The number of hydrogen-bond donors (Lipinski definition) is 3. The number of primary amides is 1. The van der Waals surface area contributed by atoms with Crippen LogP contribution in [-0.4, -0.2) is 77.0 Å². The second-order valence-electron chi connectivity index (χ2n) is 3.74. The van der Waals surface area contributed by atoms with Gasteiger partial charge in [-0.05, 0) is 6.92 Å². The van der Waals surface area contributed by atoms with Gasteiger partial charge in [0.25, 0.3) is 0 Å². The molecule has 0 saturated carbocycles. The van der Waals surface area contributed by atoms with Crippen molar-refractivity contribution >= 4 is 5.91 Å². The number of methoxy groups -OCH3 is 1. The van der Waals surface area contributed by atoms with Gasteiger partial charge in [0.15, 0.2) is 0 Å². The molecular weight excluding hydrogens is 268 g/mol. The fourth-order valence-corrected chi connectivity index (χ4v) is 0.749. The Bertz CT molecular complexity index is 192. The predicted molar refractivity (Wildman–Crippen MR) is 74.3 cm³/mol. The summed E-state index contributed by atoms with van der Waals surface area (Å²) in [6, 6.07) is -0.509. The van der Waals surface area contributed by atoms with Crippen molar-refractivity contribution in [1.29, 1.82) is 0 Å². The van der Waals surface area contributed by atoms with Gasteiger partial charge in [-0.25, -0.2) is 0 Å². The van der Waals surface area contributed by atoms with E-state index >= 15 is 0 Å². The number of aliphatic hydroxyl groups is 1. The monoisotopic (exact) mass is 296 g/mol. The van der Waals surface area contributed by atoms with Crippen LogP contribution in [0.2, 0.25) is 0 Å². The van der Waals surface area contributed by atoms with E-state index in [2.05, 4.69) is 5.73 Å². The van der Waals surface area contributed by atoms with Gasteiger partial charge >= 0.3 is 0 Å². The van der Waals surface area contributed by atoms with Crippen molar-refractivity contribution in [2.75, 3.05) is 60.0 Å². The van der Waals surface area contributed by atoms with Crippen molar-refractivity contribution in [3.8, 4) is 0 Å². The number of aliphatic hydroxyl groups excluding tert-OH is 1. The largest absolute Gasteiger partial charge is 0.394 e. The van der Waals surface area contributed by atoms with Gasteiger partial charge in [0.05, 0.1) is 58.9 Å². The van der Waals surface area contributed by atoms with Gasteiger partial charge in [0.2, 0.25) is 5.91 Å². The minimum Gasteiger partial charge on any atom is -0.394 e. The van der Waals surface area contributed by atoms with Crippen LogP contribution in [0.3, 0.4) is 0 Å². The smallest absolute Gasteiger partial charge is 0.234 e. The maximum atomic E-state index is 9.80. The topological polar surface area (TPSA) is 126 Å². The van der Waals surface area contributed by atoms with Crippen LogP contribution in [0, 0.1) is 0 Å². The molecule has 0 aliphatic heterocycles. The molecule has 0 aromatic heterocycles. The van der Waals surface area contributed by atoms with Crippen molar-refractivity contribution in [2.45, 2.75) is 13.0 Å². The highest BCUT2D eigenvalue weighted by atomic mass is 16.6. The zero-order chi connectivity index (χ0) is 15.6. The van der Waals surface area contributed by atoms with Gasteiger partial charge in [-0.1, -0.05) is 0 Å². The van der Waals surface area contributed by atoms with Crippen LogP contribution in [0.5, 0.6) is 0 Å². The van der Waals surface area contributed by atoms with Gasteiger partial charge < -0.3 is 35.5 Å². The Hall–Kier alpha value is -0.770. The van der Waals surface area contributed by atoms with E-state index in [1.807, 2.05) is 0 Å². The number of hydrogen-bond acceptors (Lipinski definition) is 7. The lowest BCUT2D eigenvalue weighted by Gasteiger charge is -2.05. The second-order valence-corrected chi connectivity index (χ2v) is 3.74. The van der Waals surface area contributed by atoms with E-state index in [0.29, 0.717) is 46.2 Å². The maximum Gasteiger partial charge on any atom is 0.234 e. The molecule has 5 N–H and O–H groups in total. The second kappa shape index (κ2) is 18.2. The van der Waals surface area contributed by atoms with Gasteiger partial charge in [0, 0.05) is 7.11 Å². The Balaban J connectivity index is 0. The van der Waals surface area contributed by atoms with Crippen LogP contribution >= 0.6 is 0 Å². The zero-order valence-electron chi connectivity index (χ0n) is 12.4. The highest BCUT2D eigenvalue weighted by Crippen LogP contribution is 1.81. The molecule has 1 atom stereocenters. The Kier molecular flexibility index (Phi) is 19.6. The number of rotatable bonds is 12. The summed E-state index contributed by atoms with van der Waals surface area (Å²) < 4.78 is 20.2. The van der Waals surface area contributed by atoms with E-state index in [-0.39, 0.29) is 6.61 Å². The van der Waals surface area contributed by atoms with E-state index in [4.69, 9.17) is 29.8 Å². The molecule has 8 heteroatoms. The first kappa shape index (κ1) is 21.5. The summed E-state index contributed by atoms with van der Waals surface area (Å²) in [6.07, 6.45) is 0. The van der Waals surface area contributed by atoms with Crippen molar-refractivity contribution in [2.24, 2.45) is 11.5 Å². The average Bonchev–Trinajstić information content (AvgIpc) is 2.41. The minimum absolute atomic E-state index is 0.0557. The first-order valence-corrected chi connectivity index (χ1v) is 6.44. The molecule has 1 unspecified atom stereocenters. The standard InChI is InChI=1S/C9H20O5.C3H8N2O/c1-11-4-5-13-8-9-14-7-6-12-3-2-10;1-2(4)3(5)6/h10H,2-9H2,1H3;2H,4H2,1H3,(H2,5,6). The van der Waals surface area contributed by atoms with Crippen LogP contribution in [0.25, 0.3) is 0 Å². The molecule has 0 heterocycles. The van der Waals surface area contributed by atoms with Crippen LogP contribution in [0.1, 0.15) is 6.92 Å². The molecule has 0 bridgehead atoms. The summed E-state index contributed by atoms with van der Waals surface area (Å²) in [5.74, 6) is -0.463. The molecule has 0 aliphatic rings. The van der Waals surface area contributed by atoms with Gasteiger partial charge in [0.1, 0.15) is 0 Å². The van der Waals surface area contributed by atoms with Crippen molar-refractivity contribution in [1.82, 2.24) is 0 Å². The lowest BCUT2D eigenvalue weighted by molar-refractivity contribution is -0.118. The van der Waals surface area contributed by atoms with Crippen molar-refractivity contribution in [3.63, 3.8) is 0 Å². The number of amides is 1. The quantitative estimate of drug-likeness (QED) is 0.374. The van der Waals surface area contributed by atoms with Crippen LogP contribution < -0.4 is 11.5 Å². The number of nitrogens with two attached hydrogens (primary N) is 2. The summed E-state index contributed by atoms with van der Waals surface area (Å²) in [5.41, 5.74) is 9.63. The zero-order valence-corrected chi connectivity index (χ0v) is 12.4. The number of carbonyl (C=O) groups is 1. The van der Waals surface area contributed by atoms with E-state index in [1.165, 1.54) is 0 Å². The third kappa shape index (κ3) is 22.4. The molecule has 20 heavy (non-hydrogen) atoms. The molecular formula is C12H28N2O6. The molecule has 122 valence electrons. The SMILES string of the molecule is CC(N)C(N)=O.COCCOCCOCCOCCO. The third-order valence-electron chi connectivity index (χ3n) is 1.86. The first-order chi connectivity index (χ1) is 9.56. The van der Waals surface area contributed by atoms with Crippen LogP contribution in [0.15, 0.2) is 0 Å². The molecule has 0 rings (SSSR count). The molecule has 0 spiro atoms. The lowest BCUT2D eigenvalue weighted by Crippen LogP contribution is -2.32. The van der Waals surface area contributed by atoms with Crippen LogP contribution in [-0.2, 0) is 23.7 Å². The Labute approximate surface area is 120 Å². The third-order valence-corrected chi connectivity index (χ3v) is 1.86. The maximum absolute atomic E-state index is 9.80. The summed E-state index contributed by atoms with van der Waals surface area (Å²) in [5, 5.41) is 8.39. The van der Waals surface area contributed by atoms with Gasteiger partial charge in [-0.3, -0.25) is 4.79 Å². The Morgan fingerprint density at radius 1 is 1.00 bits per heavy atom.